The zero-order valence-corrected chi connectivity index (χ0v) is 15.3. The predicted molar refractivity (Wildman–Crippen MR) is 94.2 cm³/mol. The molecular weight excluding hydrogens is 345 g/mol. The number of guanidine groups is 1. The minimum Gasteiger partial charge on any atom is -0.352 e. The smallest absolute Gasteiger partial charge is 0.352 e. The molecule has 0 radical (unpaired) electrons. The lowest BCUT2D eigenvalue weighted by Crippen LogP contribution is -2.46. The van der Waals surface area contributed by atoms with Crippen LogP contribution in [0.15, 0.2) is 17.4 Å². The summed E-state index contributed by atoms with van der Waals surface area (Å²) in [5.41, 5.74) is 1.23. The molecule has 0 aromatic carbocycles. The van der Waals surface area contributed by atoms with Crippen LogP contribution in [0, 0.1) is 0 Å². The molecule has 1 aromatic rings. The summed E-state index contributed by atoms with van der Waals surface area (Å²) in [6.07, 6.45) is 1.55. The summed E-state index contributed by atoms with van der Waals surface area (Å²) in [6, 6.07) is 0.0140. The number of halogens is 3. The van der Waals surface area contributed by atoms with Gasteiger partial charge in [-0.15, -0.1) is 0 Å². The summed E-state index contributed by atoms with van der Waals surface area (Å²) < 4.78 is 39.5. The maximum Gasteiger partial charge on any atom is 0.401 e. The standard InChI is InChI=1S/C17H27F3N6/c1-3-21-16(23-15-5-6-25(11-15)12-17(18,19)20)26-7-4-13(10-26)14-8-22-24(2)9-14/h8-9,13,15H,3-7,10-12H2,1-2H3,(H,21,23). The summed E-state index contributed by atoms with van der Waals surface area (Å²) in [7, 11) is 1.91. The third-order valence-corrected chi connectivity index (χ3v) is 5.00. The number of nitrogens with zero attached hydrogens (tertiary/aromatic N) is 5. The van der Waals surface area contributed by atoms with Gasteiger partial charge in [0.15, 0.2) is 5.96 Å². The van der Waals surface area contributed by atoms with Crippen molar-refractivity contribution in [3.05, 3.63) is 18.0 Å². The van der Waals surface area contributed by atoms with Gasteiger partial charge in [0.05, 0.1) is 12.7 Å². The van der Waals surface area contributed by atoms with Crippen LogP contribution < -0.4 is 5.32 Å². The number of aliphatic imine (C=N–C) groups is 1. The van der Waals surface area contributed by atoms with E-state index in [1.54, 1.807) is 0 Å². The molecule has 2 aliphatic heterocycles. The topological polar surface area (TPSA) is 48.7 Å². The molecule has 1 aromatic heterocycles. The number of nitrogens with one attached hydrogen (secondary N) is 1. The molecule has 0 spiro atoms. The molecule has 2 fully saturated rings. The first-order valence-corrected chi connectivity index (χ1v) is 9.17. The van der Waals surface area contributed by atoms with Gasteiger partial charge in [-0.25, -0.2) is 0 Å². The highest BCUT2D eigenvalue weighted by Gasteiger charge is 2.35. The van der Waals surface area contributed by atoms with Gasteiger partial charge >= 0.3 is 6.18 Å². The Kier molecular flexibility index (Phi) is 5.74. The Bertz CT molecular complexity index is 626. The number of aromatic nitrogens is 2. The van der Waals surface area contributed by atoms with Crippen LogP contribution in [0.3, 0.4) is 0 Å². The normalized spacial score (nSPS) is 25.3. The highest BCUT2D eigenvalue weighted by atomic mass is 19.4. The van der Waals surface area contributed by atoms with E-state index in [1.807, 2.05) is 31.0 Å². The number of likely N-dealkylation sites (tertiary alicyclic amines) is 2. The monoisotopic (exact) mass is 372 g/mol. The average Bonchev–Trinajstić information content (AvgIpc) is 3.26. The van der Waals surface area contributed by atoms with Gasteiger partial charge in [0.1, 0.15) is 0 Å². The van der Waals surface area contributed by atoms with Gasteiger partial charge in [-0.3, -0.25) is 14.6 Å². The van der Waals surface area contributed by atoms with Gasteiger partial charge in [0, 0.05) is 57.9 Å². The van der Waals surface area contributed by atoms with E-state index in [2.05, 4.69) is 20.3 Å². The third kappa shape index (κ3) is 4.90. The second-order valence-corrected chi connectivity index (χ2v) is 7.16. The fourth-order valence-corrected chi connectivity index (χ4v) is 3.79. The van der Waals surface area contributed by atoms with Crippen molar-refractivity contribution in [3.8, 4) is 0 Å². The molecule has 2 aliphatic rings. The Morgan fingerprint density at radius 3 is 2.77 bits per heavy atom. The molecule has 0 amide bonds. The van der Waals surface area contributed by atoms with Crippen molar-refractivity contribution >= 4 is 5.96 Å². The van der Waals surface area contributed by atoms with E-state index in [-0.39, 0.29) is 6.04 Å². The van der Waals surface area contributed by atoms with Crippen molar-refractivity contribution in [3.63, 3.8) is 0 Å². The van der Waals surface area contributed by atoms with Crippen LogP contribution >= 0.6 is 0 Å². The van der Waals surface area contributed by atoms with Gasteiger partial charge in [-0.2, -0.15) is 18.3 Å². The fourth-order valence-electron chi connectivity index (χ4n) is 3.79. The minimum absolute atomic E-state index is 0.0140. The molecule has 2 atom stereocenters. The van der Waals surface area contributed by atoms with Gasteiger partial charge in [0.25, 0.3) is 0 Å². The number of aryl methyl sites for hydroxylation is 1. The minimum atomic E-state index is -4.14. The maximum absolute atomic E-state index is 12.6. The van der Waals surface area contributed by atoms with Crippen molar-refractivity contribution in [2.24, 2.45) is 12.0 Å². The van der Waals surface area contributed by atoms with Gasteiger partial charge in [-0.05, 0) is 25.3 Å². The molecular formula is C17H27F3N6. The van der Waals surface area contributed by atoms with E-state index in [1.165, 1.54) is 10.5 Å². The van der Waals surface area contributed by atoms with Crippen molar-refractivity contribution in [2.75, 3.05) is 39.3 Å². The van der Waals surface area contributed by atoms with Crippen LogP contribution in [0.2, 0.25) is 0 Å². The van der Waals surface area contributed by atoms with E-state index >= 15 is 0 Å². The number of rotatable bonds is 4. The Morgan fingerprint density at radius 1 is 1.31 bits per heavy atom. The Morgan fingerprint density at radius 2 is 2.12 bits per heavy atom. The second-order valence-electron chi connectivity index (χ2n) is 7.16. The largest absolute Gasteiger partial charge is 0.401 e. The van der Waals surface area contributed by atoms with E-state index in [9.17, 15) is 13.2 Å². The summed E-state index contributed by atoms with van der Waals surface area (Å²) >= 11 is 0. The van der Waals surface area contributed by atoms with Crippen LogP contribution in [0.5, 0.6) is 0 Å². The quantitative estimate of drug-likeness (QED) is 0.647. The van der Waals surface area contributed by atoms with Crippen molar-refractivity contribution in [1.82, 2.24) is 24.9 Å². The molecule has 3 rings (SSSR count). The first-order chi connectivity index (χ1) is 12.3. The predicted octanol–water partition coefficient (Wildman–Crippen LogP) is 1.81. The zero-order chi connectivity index (χ0) is 18.7. The first-order valence-electron chi connectivity index (χ1n) is 9.17. The maximum atomic E-state index is 12.6. The van der Waals surface area contributed by atoms with Crippen LogP contribution in [0.1, 0.15) is 31.2 Å². The lowest BCUT2D eigenvalue weighted by atomic mass is 10.0. The Balaban J connectivity index is 1.56. The Hall–Kier alpha value is -1.77. The van der Waals surface area contributed by atoms with E-state index in [0.717, 1.165) is 25.5 Å². The lowest BCUT2D eigenvalue weighted by Gasteiger charge is -2.25. The third-order valence-electron chi connectivity index (χ3n) is 5.00. The molecule has 6 nitrogen and oxygen atoms in total. The molecule has 2 saturated heterocycles. The molecule has 3 heterocycles. The van der Waals surface area contributed by atoms with E-state index < -0.39 is 12.7 Å². The molecule has 146 valence electrons. The van der Waals surface area contributed by atoms with Gasteiger partial charge < -0.3 is 10.2 Å². The number of hydrogen-bond donors (Lipinski definition) is 1. The van der Waals surface area contributed by atoms with Crippen LogP contribution in [-0.2, 0) is 7.05 Å². The zero-order valence-electron chi connectivity index (χ0n) is 15.3. The summed E-state index contributed by atoms with van der Waals surface area (Å²) in [5, 5.41) is 7.64. The lowest BCUT2D eigenvalue weighted by molar-refractivity contribution is -0.143. The second kappa shape index (κ2) is 7.85. The van der Waals surface area contributed by atoms with Crippen LogP contribution in [0.25, 0.3) is 0 Å². The average molecular weight is 372 g/mol. The molecule has 0 aliphatic carbocycles. The molecule has 0 bridgehead atoms. The number of hydrogen-bond acceptors (Lipinski definition) is 3. The Labute approximate surface area is 152 Å². The van der Waals surface area contributed by atoms with Crippen molar-refractivity contribution in [1.29, 1.82) is 0 Å². The van der Waals surface area contributed by atoms with Gasteiger partial charge in [-0.1, -0.05) is 0 Å². The van der Waals surface area contributed by atoms with E-state index in [4.69, 9.17) is 0 Å². The highest BCUT2D eigenvalue weighted by Crippen LogP contribution is 2.27. The van der Waals surface area contributed by atoms with Gasteiger partial charge in [0.2, 0.25) is 0 Å². The van der Waals surface area contributed by atoms with Crippen LogP contribution in [-0.4, -0.2) is 77.0 Å². The summed E-state index contributed by atoms with van der Waals surface area (Å²) in [6.45, 7) is 4.41. The van der Waals surface area contributed by atoms with Crippen molar-refractivity contribution < 1.29 is 13.2 Å². The van der Waals surface area contributed by atoms with Crippen molar-refractivity contribution in [2.45, 2.75) is 37.9 Å². The summed E-state index contributed by atoms with van der Waals surface area (Å²) in [4.78, 5) is 8.25. The van der Waals surface area contributed by atoms with E-state index in [0.29, 0.717) is 32.0 Å². The number of alkyl halides is 3. The molecule has 26 heavy (non-hydrogen) atoms. The highest BCUT2D eigenvalue weighted by molar-refractivity contribution is 5.80. The molecule has 1 N–H and O–H groups in total. The molecule has 9 heteroatoms. The summed E-state index contributed by atoms with van der Waals surface area (Å²) in [5.74, 6) is 1.23. The van der Waals surface area contributed by atoms with Crippen LogP contribution in [0.4, 0.5) is 13.2 Å². The molecule has 0 saturated carbocycles. The SMILES string of the molecule is CCN=C(NC1CCN(CC(F)(F)F)C1)N1CCC(c2cnn(C)c2)C1. The first kappa shape index (κ1) is 19.0. The fraction of sp³-hybridized carbons (Fsp3) is 0.765. The molecule has 2 unspecified atom stereocenters.